The van der Waals surface area contributed by atoms with Crippen LogP contribution in [-0.2, 0) is 6.54 Å². The van der Waals surface area contributed by atoms with Gasteiger partial charge in [0, 0.05) is 37.4 Å². The van der Waals surface area contributed by atoms with Gasteiger partial charge in [0.25, 0.3) is 0 Å². The molecule has 0 radical (unpaired) electrons. The lowest BCUT2D eigenvalue weighted by atomic mass is 10.1. The number of hydrogen-bond donors (Lipinski definition) is 1. The maximum Gasteiger partial charge on any atom is 0.133 e. The standard InChI is InChI=1S/C17H32N4/c1-13(2)18-12-16-14(3)11-15(4)19-17(16)21(7)10-8-9-20(5)6/h11,13,18H,8-10,12H2,1-7H3. The number of rotatable bonds is 8. The minimum Gasteiger partial charge on any atom is -0.359 e. The Hall–Kier alpha value is -1.13. The molecule has 1 rings (SSSR count). The van der Waals surface area contributed by atoms with Crippen molar-refractivity contribution < 1.29 is 0 Å². The molecule has 0 fully saturated rings. The van der Waals surface area contributed by atoms with Crippen molar-refractivity contribution in [1.82, 2.24) is 15.2 Å². The summed E-state index contributed by atoms with van der Waals surface area (Å²) in [5.41, 5.74) is 3.74. The largest absolute Gasteiger partial charge is 0.359 e. The highest BCUT2D eigenvalue weighted by atomic mass is 15.2. The minimum atomic E-state index is 0.484. The third kappa shape index (κ3) is 6.02. The van der Waals surface area contributed by atoms with Gasteiger partial charge in [-0.1, -0.05) is 13.8 Å². The van der Waals surface area contributed by atoms with E-state index in [2.05, 4.69) is 70.0 Å². The van der Waals surface area contributed by atoms with Crippen molar-refractivity contribution in [2.75, 3.05) is 39.1 Å². The van der Waals surface area contributed by atoms with Gasteiger partial charge in [0.05, 0.1) is 0 Å². The molecular weight excluding hydrogens is 260 g/mol. The maximum absolute atomic E-state index is 4.78. The molecule has 0 aliphatic rings. The normalized spacial score (nSPS) is 11.5. The Morgan fingerprint density at radius 1 is 1.14 bits per heavy atom. The summed E-state index contributed by atoms with van der Waals surface area (Å²) in [6.07, 6.45) is 1.15. The molecule has 4 nitrogen and oxygen atoms in total. The van der Waals surface area contributed by atoms with Crippen LogP contribution in [0.1, 0.15) is 37.1 Å². The van der Waals surface area contributed by atoms with E-state index in [0.29, 0.717) is 6.04 Å². The molecule has 21 heavy (non-hydrogen) atoms. The van der Waals surface area contributed by atoms with Crippen molar-refractivity contribution in [1.29, 1.82) is 0 Å². The minimum absolute atomic E-state index is 0.484. The monoisotopic (exact) mass is 292 g/mol. The van der Waals surface area contributed by atoms with Crippen molar-refractivity contribution in [3.05, 3.63) is 22.9 Å². The molecule has 0 amide bonds. The molecule has 1 heterocycles. The third-order valence-corrected chi connectivity index (χ3v) is 3.60. The average Bonchev–Trinajstić information content (AvgIpc) is 2.35. The van der Waals surface area contributed by atoms with Crippen LogP contribution in [0, 0.1) is 13.8 Å². The van der Waals surface area contributed by atoms with Gasteiger partial charge in [0.1, 0.15) is 5.82 Å². The van der Waals surface area contributed by atoms with E-state index in [1.807, 2.05) is 0 Å². The summed E-state index contributed by atoms with van der Waals surface area (Å²) in [6, 6.07) is 2.66. The molecule has 0 unspecified atom stereocenters. The van der Waals surface area contributed by atoms with Crippen molar-refractivity contribution in [3.63, 3.8) is 0 Å². The molecule has 4 heteroatoms. The number of hydrogen-bond acceptors (Lipinski definition) is 4. The van der Waals surface area contributed by atoms with Crippen LogP contribution in [-0.4, -0.2) is 50.2 Å². The first-order valence-electron chi connectivity index (χ1n) is 7.87. The highest BCUT2D eigenvalue weighted by Crippen LogP contribution is 2.22. The molecule has 0 saturated heterocycles. The van der Waals surface area contributed by atoms with E-state index in [-0.39, 0.29) is 0 Å². The number of aromatic nitrogens is 1. The Labute approximate surface area is 130 Å². The second-order valence-corrected chi connectivity index (χ2v) is 6.50. The van der Waals surface area contributed by atoms with Crippen LogP contribution in [0.3, 0.4) is 0 Å². The molecule has 0 bridgehead atoms. The summed E-state index contributed by atoms with van der Waals surface area (Å²) in [4.78, 5) is 9.30. The van der Waals surface area contributed by atoms with Crippen LogP contribution in [0.25, 0.3) is 0 Å². The molecule has 0 spiro atoms. The van der Waals surface area contributed by atoms with E-state index in [1.165, 1.54) is 11.1 Å². The number of nitrogens with zero attached hydrogens (tertiary/aromatic N) is 3. The zero-order valence-corrected chi connectivity index (χ0v) is 14.8. The fourth-order valence-corrected chi connectivity index (χ4v) is 2.41. The number of anilines is 1. The second kappa shape index (κ2) is 8.35. The van der Waals surface area contributed by atoms with Crippen LogP contribution < -0.4 is 10.2 Å². The average molecular weight is 292 g/mol. The number of nitrogens with one attached hydrogen (secondary N) is 1. The van der Waals surface area contributed by atoms with E-state index >= 15 is 0 Å². The number of aryl methyl sites for hydroxylation is 2. The van der Waals surface area contributed by atoms with Gasteiger partial charge in [-0.3, -0.25) is 0 Å². The molecule has 0 atom stereocenters. The summed E-state index contributed by atoms with van der Waals surface area (Å²) in [7, 11) is 6.38. The summed E-state index contributed by atoms with van der Waals surface area (Å²) < 4.78 is 0. The summed E-state index contributed by atoms with van der Waals surface area (Å²) in [5.74, 6) is 1.12. The van der Waals surface area contributed by atoms with Gasteiger partial charge < -0.3 is 15.1 Å². The summed E-state index contributed by atoms with van der Waals surface area (Å²) >= 11 is 0. The molecule has 1 aromatic rings. The van der Waals surface area contributed by atoms with Gasteiger partial charge in [-0.05, 0) is 52.5 Å². The van der Waals surface area contributed by atoms with E-state index < -0.39 is 0 Å². The third-order valence-electron chi connectivity index (χ3n) is 3.60. The Morgan fingerprint density at radius 3 is 2.38 bits per heavy atom. The molecular formula is C17H32N4. The first kappa shape index (κ1) is 17.9. The van der Waals surface area contributed by atoms with Crippen LogP contribution in [0.15, 0.2) is 6.07 Å². The summed E-state index contributed by atoms with van der Waals surface area (Å²) in [6.45, 7) is 11.6. The molecule has 0 saturated carbocycles. The predicted molar refractivity (Wildman–Crippen MR) is 92.1 cm³/mol. The van der Waals surface area contributed by atoms with E-state index in [4.69, 9.17) is 4.98 Å². The fourth-order valence-electron chi connectivity index (χ4n) is 2.41. The Kier molecular flexibility index (Phi) is 7.12. The molecule has 120 valence electrons. The lowest BCUT2D eigenvalue weighted by Gasteiger charge is -2.24. The topological polar surface area (TPSA) is 31.4 Å². The lowest BCUT2D eigenvalue weighted by Crippen LogP contribution is -2.28. The highest BCUT2D eigenvalue weighted by Gasteiger charge is 2.13. The zero-order chi connectivity index (χ0) is 16.0. The SMILES string of the molecule is Cc1cc(C)c(CNC(C)C)c(N(C)CCCN(C)C)n1. The molecule has 1 N–H and O–H groups in total. The summed E-state index contributed by atoms with van der Waals surface area (Å²) in [5, 5.41) is 3.52. The lowest BCUT2D eigenvalue weighted by molar-refractivity contribution is 0.401. The predicted octanol–water partition coefficient (Wildman–Crippen LogP) is 2.58. The molecule has 0 aromatic carbocycles. The van der Waals surface area contributed by atoms with Gasteiger partial charge >= 0.3 is 0 Å². The van der Waals surface area contributed by atoms with Crippen LogP contribution in [0.4, 0.5) is 5.82 Å². The van der Waals surface area contributed by atoms with Crippen molar-refractivity contribution in [3.8, 4) is 0 Å². The Balaban J connectivity index is 2.86. The quantitative estimate of drug-likeness (QED) is 0.798. The highest BCUT2D eigenvalue weighted by molar-refractivity contribution is 5.51. The van der Waals surface area contributed by atoms with Gasteiger partial charge in [0.2, 0.25) is 0 Å². The maximum atomic E-state index is 4.78. The molecule has 1 aromatic heterocycles. The van der Waals surface area contributed by atoms with Crippen molar-refractivity contribution in [2.24, 2.45) is 0 Å². The van der Waals surface area contributed by atoms with E-state index in [1.54, 1.807) is 0 Å². The zero-order valence-electron chi connectivity index (χ0n) is 14.8. The number of pyridine rings is 1. The van der Waals surface area contributed by atoms with Crippen LogP contribution in [0.2, 0.25) is 0 Å². The second-order valence-electron chi connectivity index (χ2n) is 6.50. The van der Waals surface area contributed by atoms with E-state index in [9.17, 15) is 0 Å². The Bertz CT molecular complexity index is 441. The molecule has 0 aliphatic carbocycles. The van der Waals surface area contributed by atoms with E-state index in [0.717, 1.165) is 37.6 Å². The van der Waals surface area contributed by atoms with Gasteiger partial charge in [-0.15, -0.1) is 0 Å². The smallest absolute Gasteiger partial charge is 0.133 e. The van der Waals surface area contributed by atoms with Crippen molar-refractivity contribution in [2.45, 2.75) is 46.7 Å². The first-order chi connectivity index (χ1) is 9.81. The van der Waals surface area contributed by atoms with Crippen LogP contribution in [0.5, 0.6) is 0 Å². The van der Waals surface area contributed by atoms with Gasteiger partial charge in [0.15, 0.2) is 0 Å². The van der Waals surface area contributed by atoms with Gasteiger partial charge in [-0.25, -0.2) is 4.98 Å². The van der Waals surface area contributed by atoms with Crippen LogP contribution >= 0.6 is 0 Å². The van der Waals surface area contributed by atoms with Crippen molar-refractivity contribution >= 4 is 5.82 Å². The Morgan fingerprint density at radius 2 is 1.81 bits per heavy atom. The first-order valence-corrected chi connectivity index (χ1v) is 7.87. The molecule has 0 aliphatic heterocycles. The fraction of sp³-hybridized carbons (Fsp3) is 0.706. The van der Waals surface area contributed by atoms with Gasteiger partial charge in [-0.2, -0.15) is 0 Å².